The molecule has 9 heteroatoms. The Bertz CT molecular complexity index is 1010. The summed E-state index contributed by atoms with van der Waals surface area (Å²) in [6, 6.07) is 6.64. The Morgan fingerprint density at radius 3 is 2.67 bits per heavy atom. The summed E-state index contributed by atoms with van der Waals surface area (Å²) in [5.74, 6) is -0.164. The van der Waals surface area contributed by atoms with Gasteiger partial charge in [-0.15, -0.1) is 11.3 Å². The number of thiazole rings is 1. The number of hydrogen-bond donors (Lipinski definition) is 1. The first-order valence-electron chi connectivity index (χ1n) is 9.88. The summed E-state index contributed by atoms with van der Waals surface area (Å²) >= 11 is 1.36. The minimum Gasteiger partial charge on any atom is -0.435 e. The summed E-state index contributed by atoms with van der Waals surface area (Å²) in [7, 11) is 0. The van der Waals surface area contributed by atoms with Gasteiger partial charge in [0.2, 0.25) is 0 Å². The minimum atomic E-state index is -2.86. The number of benzene rings is 1. The van der Waals surface area contributed by atoms with Gasteiger partial charge in [0, 0.05) is 16.6 Å². The number of nitrogens with one attached hydrogen (secondary N) is 1. The molecule has 2 heterocycles. The van der Waals surface area contributed by atoms with Crippen molar-refractivity contribution in [3.63, 3.8) is 0 Å². The molecule has 6 nitrogen and oxygen atoms in total. The average molecular weight is 432 g/mol. The van der Waals surface area contributed by atoms with Gasteiger partial charge in [-0.05, 0) is 44.0 Å². The van der Waals surface area contributed by atoms with E-state index in [4.69, 9.17) is 0 Å². The van der Waals surface area contributed by atoms with Gasteiger partial charge in [-0.25, -0.2) is 4.98 Å². The van der Waals surface area contributed by atoms with Gasteiger partial charge in [0.15, 0.2) is 5.13 Å². The standard InChI is InChI=1S/C21H22F2N4O2S/c1-13-18(14-7-9-17(10-8-14)29-20(22)23)25-21(30-13)26-19(28)15-11-24-27(12-15)16-5-3-2-4-6-16/h7-12,16,20H,2-6H2,1H3,(H,25,26,28). The highest BCUT2D eigenvalue weighted by Gasteiger charge is 2.19. The first-order chi connectivity index (χ1) is 14.5. The lowest BCUT2D eigenvalue weighted by Crippen LogP contribution is -2.14. The number of anilines is 1. The van der Waals surface area contributed by atoms with E-state index in [2.05, 4.69) is 20.1 Å². The van der Waals surface area contributed by atoms with Gasteiger partial charge in [0.05, 0.1) is 23.5 Å². The molecule has 2 aromatic heterocycles. The van der Waals surface area contributed by atoms with E-state index in [1.807, 2.05) is 11.6 Å². The maximum Gasteiger partial charge on any atom is 0.387 e. The van der Waals surface area contributed by atoms with Crippen LogP contribution in [0.4, 0.5) is 13.9 Å². The molecule has 1 aromatic carbocycles. The van der Waals surface area contributed by atoms with Crippen molar-refractivity contribution in [2.45, 2.75) is 51.7 Å². The molecule has 1 aliphatic carbocycles. The quantitative estimate of drug-likeness (QED) is 0.545. The van der Waals surface area contributed by atoms with Crippen molar-refractivity contribution in [3.8, 4) is 17.0 Å². The molecule has 1 amide bonds. The summed E-state index contributed by atoms with van der Waals surface area (Å²) in [6.07, 6.45) is 9.24. The molecular weight excluding hydrogens is 410 g/mol. The first-order valence-corrected chi connectivity index (χ1v) is 10.7. The largest absolute Gasteiger partial charge is 0.435 e. The summed E-state index contributed by atoms with van der Waals surface area (Å²) in [6.45, 7) is -0.964. The van der Waals surface area contributed by atoms with E-state index >= 15 is 0 Å². The van der Waals surface area contributed by atoms with E-state index in [0.717, 1.165) is 23.3 Å². The zero-order valence-corrected chi connectivity index (χ0v) is 17.3. The lowest BCUT2D eigenvalue weighted by Gasteiger charge is -2.21. The number of ether oxygens (including phenoxy) is 1. The maximum atomic E-state index is 12.6. The fourth-order valence-electron chi connectivity index (χ4n) is 3.68. The highest BCUT2D eigenvalue weighted by molar-refractivity contribution is 7.16. The fraction of sp³-hybridized carbons (Fsp3) is 0.381. The van der Waals surface area contributed by atoms with Crippen molar-refractivity contribution in [1.82, 2.24) is 14.8 Å². The molecule has 0 atom stereocenters. The number of carbonyl (C=O) groups excluding carboxylic acids is 1. The number of carbonyl (C=O) groups is 1. The van der Waals surface area contributed by atoms with Crippen LogP contribution in [0.15, 0.2) is 36.7 Å². The van der Waals surface area contributed by atoms with Crippen LogP contribution in [-0.4, -0.2) is 27.3 Å². The number of amides is 1. The second-order valence-corrected chi connectivity index (χ2v) is 8.48. The van der Waals surface area contributed by atoms with Gasteiger partial charge in [-0.2, -0.15) is 13.9 Å². The number of halogens is 2. The van der Waals surface area contributed by atoms with Crippen LogP contribution in [0.5, 0.6) is 5.75 Å². The summed E-state index contributed by atoms with van der Waals surface area (Å²) in [5.41, 5.74) is 1.95. The molecule has 0 aliphatic heterocycles. The second kappa shape index (κ2) is 8.91. The van der Waals surface area contributed by atoms with Gasteiger partial charge in [0.25, 0.3) is 5.91 Å². The Morgan fingerprint density at radius 1 is 1.23 bits per heavy atom. The van der Waals surface area contributed by atoms with Crippen LogP contribution in [0.3, 0.4) is 0 Å². The monoisotopic (exact) mass is 432 g/mol. The topological polar surface area (TPSA) is 69.0 Å². The normalized spacial score (nSPS) is 14.8. The SMILES string of the molecule is Cc1sc(NC(=O)c2cnn(C3CCCCC3)c2)nc1-c1ccc(OC(F)F)cc1. The zero-order chi connectivity index (χ0) is 21.1. The van der Waals surface area contributed by atoms with Crippen LogP contribution in [0.1, 0.15) is 53.4 Å². The van der Waals surface area contributed by atoms with E-state index in [0.29, 0.717) is 22.4 Å². The van der Waals surface area contributed by atoms with E-state index in [9.17, 15) is 13.6 Å². The van der Waals surface area contributed by atoms with Crippen LogP contribution in [0.2, 0.25) is 0 Å². The fourth-order valence-corrected chi connectivity index (χ4v) is 4.51. The molecule has 1 N–H and O–H groups in total. The van der Waals surface area contributed by atoms with Crippen LogP contribution in [-0.2, 0) is 0 Å². The molecule has 0 spiro atoms. The molecule has 0 bridgehead atoms. The van der Waals surface area contributed by atoms with Crippen molar-refractivity contribution < 1.29 is 18.3 Å². The molecule has 30 heavy (non-hydrogen) atoms. The number of hydrogen-bond acceptors (Lipinski definition) is 5. The summed E-state index contributed by atoms with van der Waals surface area (Å²) in [4.78, 5) is 18.0. The number of rotatable bonds is 6. The highest BCUT2D eigenvalue weighted by atomic mass is 32.1. The van der Waals surface area contributed by atoms with E-state index in [-0.39, 0.29) is 11.7 Å². The molecule has 1 saturated carbocycles. The Hall–Kier alpha value is -2.81. The molecule has 158 valence electrons. The minimum absolute atomic E-state index is 0.0881. The van der Waals surface area contributed by atoms with Gasteiger partial charge >= 0.3 is 6.61 Å². The van der Waals surface area contributed by atoms with E-state index in [1.165, 1.54) is 42.7 Å². The van der Waals surface area contributed by atoms with Crippen molar-refractivity contribution in [1.29, 1.82) is 0 Å². The third kappa shape index (κ3) is 4.67. The third-order valence-electron chi connectivity index (χ3n) is 5.18. The Kier molecular flexibility index (Phi) is 6.08. The number of aromatic nitrogens is 3. The van der Waals surface area contributed by atoms with Gasteiger partial charge in [-0.1, -0.05) is 19.3 Å². The smallest absolute Gasteiger partial charge is 0.387 e. The number of alkyl halides is 2. The zero-order valence-electron chi connectivity index (χ0n) is 16.5. The first kappa shape index (κ1) is 20.5. The predicted octanol–water partition coefficient (Wildman–Crippen LogP) is 5.67. The van der Waals surface area contributed by atoms with Crippen LogP contribution >= 0.6 is 11.3 Å². The average Bonchev–Trinajstić information content (AvgIpc) is 3.36. The Labute approximate surface area is 176 Å². The van der Waals surface area contributed by atoms with Crippen molar-refractivity contribution in [2.75, 3.05) is 5.32 Å². The van der Waals surface area contributed by atoms with Gasteiger partial charge < -0.3 is 4.74 Å². The number of aryl methyl sites for hydroxylation is 1. The van der Waals surface area contributed by atoms with Crippen molar-refractivity contribution >= 4 is 22.4 Å². The van der Waals surface area contributed by atoms with Crippen LogP contribution < -0.4 is 10.1 Å². The number of nitrogens with zero attached hydrogens (tertiary/aromatic N) is 3. The Morgan fingerprint density at radius 2 is 1.97 bits per heavy atom. The predicted molar refractivity (Wildman–Crippen MR) is 111 cm³/mol. The molecule has 0 saturated heterocycles. The van der Waals surface area contributed by atoms with Gasteiger partial charge in [0.1, 0.15) is 5.75 Å². The molecule has 4 rings (SSSR count). The third-order valence-corrected chi connectivity index (χ3v) is 6.07. The maximum absolute atomic E-state index is 12.6. The van der Waals surface area contributed by atoms with Crippen LogP contribution in [0, 0.1) is 6.92 Å². The van der Waals surface area contributed by atoms with Gasteiger partial charge in [-0.3, -0.25) is 14.8 Å². The van der Waals surface area contributed by atoms with Crippen LogP contribution in [0.25, 0.3) is 11.3 Å². The lowest BCUT2D eigenvalue weighted by molar-refractivity contribution is -0.0498. The molecular formula is C21H22F2N4O2S. The lowest BCUT2D eigenvalue weighted by atomic mass is 9.96. The second-order valence-electron chi connectivity index (χ2n) is 7.28. The molecule has 1 fully saturated rings. The summed E-state index contributed by atoms with van der Waals surface area (Å²) in [5, 5.41) is 7.69. The molecule has 1 aliphatic rings. The van der Waals surface area contributed by atoms with Crippen molar-refractivity contribution in [2.24, 2.45) is 0 Å². The van der Waals surface area contributed by atoms with Crippen molar-refractivity contribution in [3.05, 3.63) is 47.1 Å². The molecule has 0 unspecified atom stereocenters. The molecule has 0 radical (unpaired) electrons. The Balaban J connectivity index is 1.44. The highest BCUT2D eigenvalue weighted by Crippen LogP contribution is 2.32. The molecule has 3 aromatic rings. The summed E-state index contributed by atoms with van der Waals surface area (Å²) < 4.78 is 30.9. The van der Waals surface area contributed by atoms with E-state index in [1.54, 1.807) is 24.5 Å². The van der Waals surface area contributed by atoms with E-state index < -0.39 is 6.61 Å².